The van der Waals surface area contributed by atoms with Gasteiger partial charge in [-0.15, -0.1) is 0 Å². The van der Waals surface area contributed by atoms with Crippen molar-refractivity contribution in [1.82, 2.24) is 14.9 Å². The number of fused-ring (bicyclic) bond motifs is 1. The van der Waals surface area contributed by atoms with Crippen molar-refractivity contribution >= 4 is 32.8 Å². The lowest BCUT2D eigenvalue weighted by Crippen LogP contribution is -2.40. The van der Waals surface area contributed by atoms with Gasteiger partial charge in [0, 0.05) is 16.5 Å². The minimum Gasteiger partial charge on any atom is -0.444 e. The highest BCUT2D eigenvalue weighted by Crippen LogP contribution is 2.42. The van der Waals surface area contributed by atoms with Gasteiger partial charge >= 0.3 is 6.09 Å². The number of amides is 1. The molecule has 0 bridgehead atoms. The molecule has 168 valence electrons. The molecule has 2 aromatic carbocycles. The number of hydrogen-bond donors (Lipinski definition) is 1. The topological polar surface area (TPSA) is 76.7 Å². The summed E-state index contributed by atoms with van der Waals surface area (Å²) in [6.45, 7) is 6.93. The Labute approximate surface area is 195 Å². The molecule has 2 fully saturated rings. The van der Waals surface area contributed by atoms with Crippen molar-refractivity contribution in [3.63, 3.8) is 0 Å². The largest absolute Gasteiger partial charge is 0.444 e. The Morgan fingerprint density at radius 2 is 1.91 bits per heavy atom. The van der Waals surface area contributed by atoms with E-state index in [2.05, 4.69) is 56.2 Å². The molecular weight excluding hydrogens is 474 g/mol. The number of likely N-dealkylation sites (tertiary alicyclic amines) is 1. The fourth-order valence-electron chi connectivity index (χ4n) is 4.34. The molecule has 7 nitrogen and oxygen atoms in total. The zero-order valence-corrected chi connectivity index (χ0v) is 19.9. The van der Waals surface area contributed by atoms with Crippen LogP contribution in [0.15, 0.2) is 47.1 Å². The summed E-state index contributed by atoms with van der Waals surface area (Å²) in [5, 5.41) is 2.30. The second-order valence-corrected chi connectivity index (χ2v) is 10.2. The third-order valence-electron chi connectivity index (χ3n) is 5.76. The van der Waals surface area contributed by atoms with Crippen LogP contribution >= 0.6 is 15.9 Å². The van der Waals surface area contributed by atoms with E-state index in [-0.39, 0.29) is 6.04 Å². The number of ether oxygens (including phenoxy) is 3. The zero-order valence-electron chi connectivity index (χ0n) is 18.4. The van der Waals surface area contributed by atoms with Crippen molar-refractivity contribution in [2.24, 2.45) is 0 Å². The van der Waals surface area contributed by atoms with Crippen LogP contribution in [0.5, 0.6) is 0 Å². The maximum absolute atomic E-state index is 13.0. The highest BCUT2D eigenvalue weighted by Gasteiger charge is 2.52. The van der Waals surface area contributed by atoms with E-state index in [9.17, 15) is 4.79 Å². The molecule has 3 aromatic rings. The molecule has 0 saturated carbocycles. The number of nitrogens with one attached hydrogen (secondary N) is 1. The van der Waals surface area contributed by atoms with E-state index in [1.165, 1.54) is 0 Å². The van der Waals surface area contributed by atoms with Gasteiger partial charge in [0.05, 0.1) is 37.7 Å². The summed E-state index contributed by atoms with van der Waals surface area (Å²) in [5.74, 6) is -0.108. The first-order chi connectivity index (χ1) is 15.2. The SMILES string of the molecule is CC(C)(C)OC(=O)N1CC2(C[C@H]1c1ncc(-c3ccc4cc(Br)ccc4c3)[nH]1)OCCO2. The van der Waals surface area contributed by atoms with Gasteiger partial charge in [0.1, 0.15) is 11.4 Å². The van der Waals surface area contributed by atoms with Crippen LogP contribution in [0.4, 0.5) is 4.79 Å². The average molecular weight is 500 g/mol. The molecule has 1 N–H and O–H groups in total. The van der Waals surface area contributed by atoms with E-state index < -0.39 is 17.5 Å². The number of carbonyl (C=O) groups excluding carboxylic acids is 1. The summed E-state index contributed by atoms with van der Waals surface area (Å²) < 4.78 is 18.5. The Morgan fingerprint density at radius 3 is 2.66 bits per heavy atom. The molecule has 32 heavy (non-hydrogen) atoms. The molecule has 2 aliphatic heterocycles. The Hall–Kier alpha value is -2.42. The summed E-state index contributed by atoms with van der Waals surface area (Å²) in [6, 6.07) is 12.2. The first-order valence-corrected chi connectivity index (χ1v) is 11.5. The first-order valence-electron chi connectivity index (χ1n) is 10.7. The van der Waals surface area contributed by atoms with Crippen LogP contribution in [-0.2, 0) is 14.2 Å². The summed E-state index contributed by atoms with van der Waals surface area (Å²) in [6.07, 6.45) is 1.92. The zero-order chi connectivity index (χ0) is 22.5. The second kappa shape index (κ2) is 7.86. The van der Waals surface area contributed by atoms with Crippen molar-refractivity contribution in [1.29, 1.82) is 0 Å². The van der Waals surface area contributed by atoms with Crippen LogP contribution in [0.3, 0.4) is 0 Å². The summed E-state index contributed by atoms with van der Waals surface area (Å²) in [5.41, 5.74) is 1.33. The third kappa shape index (κ3) is 4.14. The normalized spacial score (nSPS) is 20.4. The van der Waals surface area contributed by atoms with Crippen molar-refractivity contribution in [2.75, 3.05) is 19.8 Å². The van der Waals surface area contributed by atoms with Crippen LogP contribution in [0.25, 0.3) is 22.0 Å². The third-order valence-corrected chi connectivity index (χ3v) is 6.25. The number of imidazole rings is 1. The predicted octanol–water partition coefficient (Wildman–Crippen LogP) is 5.42. The lowest BCUT2D eigenvalue weighted by atomic mass is 10.1. The van der Waals surface area contributed by atoms with Crippen LogP contribution in [0, 0.1) is 0 Å². The maximum Gasteiger partial charge on any atom is 0.411 e. The Morgan fingerprint density at radius 1 is 1.19 bits per heavy atom. The summed E-state index contributed by atoms with van der Waals surface area (Å²) in [7, 11) is 0. The number of H-pyrrole nitrogens is 1. The number of rotatable bonds is 2. The van der Waals surface area contributed by atoms with E-state index in [0.717, 1.165) is 26.5 Å². The number of aromatic nitrogens is 2. The smallest absolute Gasteiger partial charge is 0.411 e. The molecule has 2 aliphatic rings. The molecule has 1 spiro atoms. The molecule has 1 amide bonds. The quantitative estimate of drug-likeness (QED) is 0.509. The molecule has 0 aliphatic carbocycles. The van der Waals surface area contributed by atoms with Crippen molar-refractivity contribution in [2.45, 2.75) is 44.6 Å². The maximum atomic E-state index is 13.0. The van der Waals surface area contributed by atoms with E-state index in [0.29, 0.717) is 32.0 Å². The van der Waals surface area contributed by atoms with Gasteiger partial charge in [0.25, 0.3) is 0 Å². The van der Waals surface area contributed by atoms with Crippen molar-refractivity contribution < 1.29 is 19.0 Å². The standard InChI is InChI=1S/C24H26BrN3O4/c1-23(2,3)32-22(29)28-14-24(30-8-9-31-24)12-20(28)21-26-13-19(27-21)17-5-4-16-11-18(25)7-6-15(16)10-17/h4-7,10-11,13,20H,8-9,12,14H2,1-3H3,(H,26,27)/t20-/m0/s1. The lowest BCUT2D eigenvalue weighted by Gasteiger charge is -2.27. The highest BCUT2D eigenvalue weighted by atomic mass is 79.9. The fraction of sp³-hybridized carbons (Fsp3) is 0.417. The molecular formula is C24H26BrN3O4. The van der Waals surface area contributed by atoms with Gasteiger partial charge < -0.3 is 19.2 Å². The van der Waals surface area contributed by atoms with Gasteiger partial charge in [-0.1, -0.05) is 34.1 Å². The van der Waals surface area contributed by atoms with Gasteiger partial charge in [-0.2, -0.15) is 0 Å². The fourth-order valence-corrected chi connectivity index (χ4v) is 4.72. The van der Waals surface area contributed by atoms with Gasteiger partial charge in [0.2, 0.25) is 0 Å². The Bertz CT molecular complexity index is 1160. The van der Waals surface area contributed by atoms with E-state index >= 15 is 0 Å². The van der Waals surface area contributed by atoms with Crippen LogP contribution in [-0.4, -0.2) is 52.1 Å². The van der Waals surface area contributed by atoms with E-state index in [1.54, 1.807) is 4.90 Å². The van der Waals surface area contributed by atoms with E-state index in [1.807, 2.05) is 33.0 Å². The van der Waals surface area contributed by atoms with Crippen molar-refractivity contribution in [3.8, 4) is 11.3 Å². The molecule has 1 atom stereocenters. The molecule has 2 saturated heterocycles. The van der Waals surface area contributed by atoms with Crippen LogP contribution in [0.2, 0.25) is 0 Å². The van der Waals surface area contributed by atoms with Gasteiger partial charge in [-0.25, -0.2) is 9.78 Å². The van der Waals surface area contributed by atoms with Crippen molar-refractivity contribution in [3.05, 3.63) is 52.9 Å². The number of benzene rings is 2. The van der Waals surface area contributed by atoms with Gasteiger partial charge in [0.15, 0.2) is 5.79 Å². The lowest BCUT2D eigenvalue weighted by molar-refractivity contribution is -0.145. The van der Waals surface area contributed by atoms with Gasteiger partial charge in [-0.05, 0) is 49.7 Å². The summed E-state index contributed by atoms with van der Waals surface area (Å²) >= 11 is 3.52. The predicted molar refractivity (Wildman–Crippen MR) is 124 cm³/mol. The Balaban J connectivity index is 1.45. The number of hydrogen-bond acceptors (Lipinski definition) is 5. The number of nitrogens with zero attached hydrogens (tertiary/aromatic N) is 2. The average Bonchev–Trinajstić information content (AvgIpc) is 3.47. The molecule has 0 unspecified atom stereocenters. The Kier molecular flexibility index (Phi) is 5.27. The van der Waals surface area contributed by atoms with E-state index in [4.69, 9.17) is 14.2 Å². The molecule has 3 heterocycles. The minimum atomic E-state index is -0.801. The molecule has 0 radical (unpaired) electrons. The number of carbonyl (C=O) groups is 1. The summed E-state index contributed by atoms with van der Waals surface area (Å²) in [4.78, 5) is 22.7. The molecule has 1 aromatic heterocycles. The number of halogens is 1. The van der Waals surface area contributed by atoms with Crippen LogP contribution in [0.1, 0.15) is 39.1 Å². The molecule has 5 rings (SSSR count). The van der Waals surface area contributed by atoms with Gasteiger partial charge in [-0.3, -0.25) is 4.90 Å². The van der Waals surface area contributed by atoms with Crippen LogP contribution < -0.4 is 0 Å². The highest BCUT2D eigenvalue weighted by molar-refractivity contribution is 9.10. The first kappa shape index (κ1) is 21.4. The number of aromatic amines is 1. The second-order valence-electron chi connectivity index (χ2n) is 9.32. The minimum absolute atomic E-state index is 0.313. The molecule has 8 heteroatoms. The monoisotopic (exact) mass is 499 g/mol.